The van der Waals surface area contributed by atoms with Gasteiger partial charge in [0.2, 0.25) is 10.7 Å². The maximum atomic E-state index is 12.8. The molecule has 4 rings (SSSR count). The Morgan fingerprint density at radius 1 is 1.29 bits per heavy atom. The molecule has 3 aromatic rings. The maximum Gasteiger partial charge on any atom is 0.257 e. The molecule has 1 aliphatic heterocycles. The first kappa shape index (κ1) is 18.1. The van der Waals surface area contributed by atoms with Crippen LogP contribution in [0.1, 0.15) is 17.6 Å². The third-order valence-electron chi connectivity index (χ3n) is 4.63. The zero-order chi connectivity index (χ0) is 19.7. The first-order valence-electron chi connectivity index (χ1n) is 8.83. The van der Waals surface area contributed by atoms with Crippen molar-refractivity contribution in [2.24, 2.45) is 0 Å². The highest BCUT2D eigenvalue weighted by Crippen LogP contribution is 2.29. The van der Waals surface area contributed by atoms with Crippen molar-refractivity contribution in [3.63, 3.8) is 0 Å². The van der Waals surface area contributed by atoms with Crippen LogP contribution < -0.4 is 15.4 Å². The fourth-order valence-electron chi connectivity index (χ4n) is 3.27. The number of benzene rings is 2. The summed E-state index contributed by atoms with van der Waals surface area (Å²) in [6.45, 7) is 0. The Labute approximate surface area is 166 Å². The minimum absolute atomic E-state index is 0.176. The second kappa shape index (κ2) is 7.40. The average Bonchev–Trinajstić information content (AvgIpc) is 3.04. The second-order valence-electron chi connectivity index (χ2n) is 6.45. The van der Waals surface area contributed by atoms with Crippen molar-refractivity contribution in [1.29, 1.82) is 0 Å². The van der Waals surface area contributed by atoms with Crippen LogP contribution in [0.3, 0.4) is 0 Å². The Morgan fingerprint density at radius 2 is 2.11 bits per heavy atom. The molecule has 142 valence electrons. The van der Waals surface area contributed by atoms with Gasteiger partial charge < -0.3 is 15.4 Å². The van der Waals surface area contributed by atoms with Gasteiger partial charge >= 0.3 is 0 Å². The SMILES string of the molecule is COc1cccc(NC(=O)CC[C@H]2Nc3c4ccccc4nc(=S)n3C2=O)c1. The van der Waals surface area contributed by atoms with E-state index in [1.807, 2.05) is 24.3 Å². The molecule has 0 unspecified atom stereocenters. The van der Waals surface area contributed by atoms with Crippen LogP contribution >= 0.6 is 12.2 Å². The van der Waals surface area contributed by atoms with E-state index in [9.17, 15) is 9.59 Å². The number of methoxy groups -OCH3 is 1. The van der Waals surface area contributed by atoms with Gasteiger partial charge in [-0.25, -0.2) is 9.55 Å². The first-order valence-corrected chi connectivity index (χ1v) is 9.24. The van der Waals surface area contributed by atoms with Gasteiger partial charge in [-0.1, -0.05) is 18.2 Å². The standard InChI is InChI=1S/C20H18N4O3S/c1-27-13-6-4-5-12(11-13)21-17(25)10-9-16-19(26)24-18(22-16)14-7-2-3-8-15(14)23-20(24)28/h2-8,11,16,22H,9-10H2,1H3,(H,21,25)/t16-/m1/s1. The number of anilines is 2. The molecule has 28 heavy (non-hydrogen) atoms. The number of amides is 1. The van der Waals surface area contributed by atoms with Crippen molar-refractivity contribution in [3.05, 3.63) is 53.3 Å². The first-order chi connectivity index (χ1) is 13.6. The van der Waals surface area contributed by atoms with Crippen molar-refractivity contribution in [2.75, 3.05) is 17.7 Å². The van der Waals surface area contributed by atoms with Gasteiger partial charge in [-0.05, 0) is 42.9 Å². The second-order valence-corrected chi connectivity index (χ2v) is 6.81. The van der Waals surface area contributed by atoms with Crippen molar-refractivity contribution < 1.29 is 14.3 Å². The Hall–Kier alpha value is -3.26. The van der Waals surface area contributed by atoms with E-state index in [0.717, 1.165) is 10.9 Å². The summed E-state index contributed by atoms with van der Waals surface area (Å²) in [5.41, 5.74) is 1.38. The Balaban J connectivity index is 1.47. The lowest BCUT2D eigenvalue weighted by molar-refractivity contribution is -0.116. The molecule has 0 fully saturated rings. The van der Waals surface area contributed by atoms with E-state index in [0.29, 0.717) is 23.7 Å². The number of carbonyl (C=O) groups is 2. The monoisotopic (exact) mass is 394 g/mol. The molecule has 7 nitrogen and oxygen atoms in total. The molecule has 8 heteroatoms. The number of nitrogens with one attached hydrogen (secondary N) is 2. The number of rotatable bonds is 5. The molecule has 0 saturated carbocycles. The van der Waals surface area contributed by atoms with Gasteiger partial charge in [0.15, 0.2) is 0 Å². The van der Waals surface area contributed by atoms with E-state index in [-0.39, 0.29) is 23.0 Å². The fourth-order valence-corrected chi connectivity index (χ4v) is 3.54. The van der Waals surface area contributed by atoms with Gasteiger partial charge in [-0.2, -0.15) is 0 Å². The quantitative estimate of drug-likeness (QED) is 0.643. The Bertz CT molecular complexity index is 1140. The third-order valence-corrected chi connectivity index (χ3v) is 4.91. The molecular weight excluding hydrogens is 376 g/mol. The fraction of sp³-hybridized carbons (Fsp3) is 0.200. The van der Waals surface area contributed by atoms with Gasteiger partial charge in [0.1, 0.15) is 17.6 Å². The lowest BCUT2D eigenvalue weighted by Crippen LogP contribution is -2.26. The molecule has 2 N–H and O–H groups in total. The van der Waals surface area contributed by atoms with Crippen molar-refractivity contribution in [2.45, 2.75) is 18.9 Å². The summed E-state index contributed by atoms with van der Waals surface area (Å²) in [6.07, 6.45) is 0.534. The van der Waals surface area contributed by atoms with Crippen molar-refractivity contribution >= 4 is 46.4 Å². The predicted molar refractivity (Wildman–Crippen MR) is 109 cm³/mol. The van der Waals surface area contributed by atoms with E-state index in [4.69, 9.17) is 17.0 Å². The molecule has 1 aromatic heterocycles. The van der Waals surface area contributed by atoms with Gasteiger partial charge in [-0.15, -0.1) is 0 Å². The summed E-state index contributed by atoms with van der Waals surface area (Å²) < 4.78 is 6.79. The summed E-state index contributed by atoms with van der Waals surface area (Å²) in [4.78, 5) is 29.4. The van der Waals surface area contributed by atoms with Crippen LogP contribution in [0.2, 0.25) is 0 Å². The van der Waals surface area contributed by atoms with Crippen LogP contribution in [0, 0.1) is 4.77 Å². The average molecular weight is 394 g/mol. The summed E-state index contributed by atoms with van der Waals surface area (Å²) >= 11 is 5.28. The smallest absolute Gasteiger partial charge is 0.257 e. The van der Waals surface area contributed by atoms with Gasteiger partial charge in [0, 0.05) is 23.6 Å². The largest absolute Gasteiger partial charge is 0.497 e. The van der Waals surface area contributed by atoms with E-state index in [2.05, 4.69) is 15.6 Å². The van der Waals surface area contributed by atoms with E-state index >= 15 is 0 Å². The normalized spacial score (nSPS) is 15.2. The van der Waals surface area contributed by atoms with Crippen LogP contribution in [0.25, 0.3) is 10.9 Å². The third kappa shape index (κ3) is 3.34. The minimum atomic E-state index is -0.523. The molecule has 1 atom stereocenters. The van der Waals surface area contributed by atoms with Gasteiger partial charge in [-0.3, -0.25) is 9.59 Å². The Kier molecular flexibility index (Phi) is 4.79. The highest BCUT2D eigenvalue weighted by atomic mass is 32.1. The van der Waals surface area contributed by atoms with Crippen molar-refractivity contribution in [1.82, 2.24) is 9.55 Å². The highest BCUT2D eigenvalue weighted by Gasteiger charge is 2.31. The van der Waals surface area contributed by atoms with Crippen LogP contribution in [0.5, 0.6) is 5.75 Å². The number of carbonyl (C=O) groups excluding carboxylic acids is 2. The van der Waals surface area contributed by atoms with Crippen molar-refractivity contribution in [3.8, 4) is 5.75 Å². The molecule has 0 aliphatic carbocycles. The summed E-state index contributed by atoms with van der Waals surface area (Å²) in [5, 5.41) is 6.86. The zero-order valence-corrected chi connectivity index (χ0v) is 16.0. The predicted octanol–water partition coefficient (Wildman–Crippen LogP) is 3.63. The lowest BCUT2D eigenvalue weighted by Gasteiger charge is -2.10. The van der Waals surface area contributed by atoms with E-state index in [1.54, 1.807) is 31.4 Å². The molecule has 0 saturated heterocycles. The molecule has 0 radical (unpaired) electrons. The summed E-state index contributed by atoms with van der Waals surface area (Å²) in [5.74, 6) is 0.936. The summed E-state index contributed by atoms with van der Waals surface area (Å²) in [7, 11) is 1.57. The molecule has 0 bridgehead atoms. The molecule has 1 amide bonds. The lowest BCUT2D eigenvalue weighted by atomic mass is 10.1. The molecule has 2 aromatic carbocycles. The number of hydrogen-bond donors (Lipinski definition) is 2. The zero-order valence-electron chi connectivity index (χ0n) is 15.1. The van der Waals surface area contributed by atoms with E-state index < -0.39 is 6.04 Å². The summed E-state index contributed by atoms with van der Waals surface area (Å²) in [6, 6.07) is 14.1. The molecule has 1 aliphatic rings. The molecule has 2 heterocycles. The maximum absolute atomic E-state index is 12.8. The van der Waals surface area contributed by atoms with Gasteiger partial charge in [0.25, 0.3) is 5.91 Å². The number of nitrogens with zero attached hydrogens (tertiary/aromatic N) is 2. The Morgan fingerprint density at radius 3 is 2.93 bits per heavy atom. The molecular formula is C20H18N4O3S. The number of fused-ring (bicyclic) bond motifs is 3. The highest BCUT2D eigenvalue weighted by molar-refractivity contribution is 7.71. The number of ether oxygens (including phenoxy) is 1. The number of para-hydroxylation sites is 1. The van der Waals surface area contributed by atoms with Crippen LogP contribution in [-0.2, 0) is 4.79 Å². The number of hydrogen-bond acceptors (Lipinski definition) is 6. The minimum Gasteiger partial charge on any atom is -0.497 e. The van der Waals surface area contributed by atoms with Crippen LogP contribution in [0.4, 0.5) is 11.5 Å². The van der Waals surface area contributed by atoms with Crippen LogP contribution in [0.15, 0.2) is 48.5 Å². The van der Waals surface area contributed by atoms with E-state index in [1.165, 1.54) is 4.57 Å². The van der Waals surface area contributed by atoms with Crippen LogP contribution in [-0.4, -0.2) is 34.5 Å². The van der Waals surface area contributed by atoms with Gasteiger partial charge in [0.05, 0.1) is 12.6 Å². The topological polar surface area (TPSA) is 85.2 Å². The number of aromatic nitrogens is 2. The molecule has 0 spiro atoms.